The Balaban J connectivity index is 1.82. The van der Waals surface area contributed by atoms with Gasteiger partial charge in [0.05, 0.1) is 18.0 Å². The highest BCUT2D eigenvalue weighted by Gasteiger charge is 2.21. The second kappa shape index (κ2) is 10.5. The van der Waals surface area contributed by atoms with Crippen molar-refractivity contribution in [1.82, 2.24) is 29.8 Å². The summed E-state index contributed by atoms with van der Waals surface area (Å²) in [5.74, 6) is -1.40. The van der Waals surface area contributed by atoms with E-state index < -0.39 is 12.4 Å². The standard InChI is InChI=1S/C20H21ClF2N6O3/c1-11-6-25-20(21)28-16(11)15-9-29(18(27-15)19(30)31)8-13(10-32-2)24-7-12-4-3-5-14(26-12)17(22)23/h3-6,9,13,17,24H,7-8,10H2,1-2H3,(H,30,31). The molecule has 3 aromatic rings. The number of hydrogen-bond donors (Lipinski definition) is 2. The van der Waals surface area contributed by atoms with Crippen molar-refractivity contribution in [3.05, 3.63) is 58.7 Å². The number of carboxylic acid groups (broad SMARTS) is 1. The van der Waals surface area contributed by atoms with Crippen LogP contribution in [-0.4, -0.2) is 55.3 Å². The van der Waals surface area contributed by atoms with Crippen LogP contribution in [0.1, 0.15) is 34.0 Å². The summed E-state index contributed by atoms with van der Waals surface area (Å²) in [6, 6.07) is 4.04. The highest BCUT2D eigenvalue weighted by Crippen LogP contribution is 2.22. The maximum Gasteiger partial charge on any atom is 0.372 e. The molecule has 0 aromatic carbocycles. The fourth-order valence-electron chi connectivity index (χ4n) is 3.10. The van der Waals surface area contributed by atoms with Gasteiger partial charge in [0.25, 0.3) is 6.43 Å². The lowest BCUT2D eigenvalue weighted by Gasteiger charge is -2.19. The summed E-state index contributed by atoms with van der Waals surface area (Å²) in [7, 11) is 1.51. The number of nitrogens with zero attached hydrogens (tertiary/aromatic N) is 5. The molecule has 0 bridgehead atoms. The van der Waals surface area contributed by atoms with Crippen molar-refractivity contribution < 1.29 is 23.4 Å². The van der Waals surface area contributed by atoms with E-state index in [0.29, 0.717) is 22.6 Å². The molecule has 0 fully saturated rings. The van der Waals surface area contributed by atoms with Gasteiger partial charge in [-0.1, -0.05) is 6.07 Å². The number of nitrogens with one attached hydrogen (secondary N) is 1. The quantitative estimate of drug-likeness (QED) is 0.438. The molecular weight excluding hydrogens is 446 g/mol. The zero-order valence-electron chi connectivity index (χ0n) is 17.3. The average molecular weight is 467 g/mol. The van der Waals surface area contributed by atoms with Crippen LogP contribution in [0.4, 0.5) is 8.78 Å². The van der Waals surface area contributed by atoms with Crippen LogP contribution in [0.5, 0.6) is 0 Å². The molecule has 0 saturated heterocycles. The fourth-order valence-corrected chi connectivity index (χ4v) is 3.23. The number of aromatic carboxylic acids is 1. The van der Waals surface area contributed by atoms with Crippen molar-refractivity contribution in [3.63, 3.8) is 0 Å². The number of carboxylic acids is 1. The molecule has 3 aromatic heterocycles. The summed E-state index contributed by atoms with van der Waals surface area (Å²) < 4.78 is 32.5. The third-order valence-corrected chi connectivity index (χ3v) is 4.74. The number of aryl methyl sites for hydroxylation is 1. The number of ether oxygens (including phenoxy) is 1. The number of halogens is 3. The number of methoxy groups -OCH3 is 1. The van der Waals surface area contributed by atoms with Crippen molar-refractivity contribution in [3.8, 4) is 11.4 Å². The normalized spacial score (nSPS) is 12.3. The van der Waals surface area contributed by atoms with Crippen LogP contribution in [0.2, 0.25) is 5.28 Å². The Labute approximate surface area is 187 Å². The summed E-state index contributed by atoms with van der Waals surface area (Å²) in [4.78, 5) is 27.9. The van der Waals surface area contributed by atoms with Gasteiger partial charge < -0.3 is 19.7 Å². The van der Waals surface area contributed by atoms with Gasteiger partial charge in [-0.3, -0.25) is 4.98 Å². The van der Waals surface area contributed by atoms with E-state index in [1.165, 1.54) is 30.0 Å². The first-order valence-electron chi connectivity index (χ1n) is 9.54. The number of imidazole rings is 1. The molecule has 9 nitrogen and oxygen atoms in total. The molecule has 0 aliphatic rings. The van der Waals surface area contributed by atoms with Crippen LogP contribution in [0, 0.1) is 6.92 Å². The zero-order valence-corrected chi connectivity index (χ0v) is 18.1. The Morgan fingerprint density at radius 3 is 2.78 bits per heavy atom. The van der Waals surface area contributed by atoms with Gasteiger partial charge in [0, 0.05) is 38.6 Å². The Bertz CT molecular complexity index is 1090. The molecule has 3 heterocycles. The molecule has 1 unspecified atom stereocenters. The maximum atomic E-state index is 12.9. The summed E-state index contributed by atoms with van der Waals surface area (Å²) in [5.41, 5.74) is 1.58. The summed E-state index contributed by atoms with van der Waals surface area (Å²) in [6.07, 6.45) is 0.431. The van der Waals surface area contributed by atoms with Crippen molar-refractivity contribution >= 4 is 17.6 Å². The van der Waals surface area contributed by atoms with Crippen LogP contribution in [0.3, 0.4) is 0 Å². The van der Waals surface area contributed by atoms with Crippen molar-refractivity contribution in [1.29, 1.82) is 0 Å². The third-order valence-electron chi connectivity index (χ3n) is 4.56. The van der Waals surface area contributed by atoms with Crippen LogP contribution in [0.25, 0.3) is 11.4 Å². The lowest BCUT2D eigenvalue weighted by molar-refractivity contribution is 0.0675. The number of carbonyl (C=O) groups is 1. The first-order valence-corrected chi connectivity index (χ1v) is 9.92. The minimum Gasteiger partial charge on any atom is -0.475 e. The van der Waals surface area contributed by atoms with E-state index in [4.69, 9.17) is 16.3 Å². The van der Waals surface area contributed by atoms with E-state index in [-0.39, 0.29) is 42.5 Å². The molecule has 0 amide bonds. The Hall–Kier alpha value is -3.02. The van der Waals surface area contributed by atoms with Crippen LogP contribution in [0.15, 0.2) is 30.6 Å². The maximum absolute atomic E-state index is 12.9. The molecule has 170 valence electrons. The van der Waals surface area contributed by atoms with Crippen molar-refractivity contribution in [2.75, 3.05) is 13.7 Å². The highest BCUT2D eigenvalue weighted by atomic mass is 35.5. The van der Waals surface area contributed by atoms with Gasteiger partial charge in [0.1, 0.15) is 11.4 Å². The van der Waals surface area contributed by atoms with E-state index in [0.717, 1.165) is 0 Å². The van der Waals surface area contributed by atoms with Crippen molar-refractivity contribution in [2.45, 2.75) is 32.5 Å². The van der Waals surface area contributed by atoms with Gasteiger partial charge in [0.15, 0.2) is 0 Å². The Morgan fingerprint density at radius 1 is 1.31 bits per heavy atom. The lowest BCUT2D eigenvalue weighted by atomic mass is 10.2. The molecule has 12 heteroatoms. The highest BCUT2D eigenvalue weighted by molar-refractivity contribution is 6.28. The summed E-state index contributed by atoms with van der Waals surface area (Å²) in [5, 5.41) is 12.8. The van der Waals surface area contributed by atoms with Gasteiger partial charge in [-0.2, -0.15) is 0 Å². The first-order chi connectivity index (χ1) is 15.3. The van der Waals surface area contributed by atoms with Crippen LogP contribution in [-0.2, 0) is 17.8 Å². The number of aromatic nitrogens is 5. The minimum atomic E-state index is -2.66. The van der Waals surface area contributed by atoms with Gasteiger partial charge in [0.2, 0.25) is 11.1 Å². The predicted octanol–water partition coefficient (Wildman–Crippen LogP) is 3.14. The monoisotopic (exact) mass is 466 g/mol. The molecule has 0 aliphatic carbocycles. The van der Waals surface area contributed by atoms with Gasteiger partial charge in [-0.15, -0.1) is 0 Å². The van der Waals surface area contributed by atoms with Gasteiger partial charge >= 0.3 is 5.97 Å². The number of alkyl halides is 2. The second-order valence-corrected chi connectivity index (χ2v) is 7.30. The molecule has 2 N–H and O–H groups in total. The Kier molecular flexibility index (Phi) is 7.78. The summed E-state index contributed by atoms with van der Waals surface area (Å²) >= 11 is 5.88. The van der Waals surface area contributed by atoms with E-state index >= 15 is 0 Å². The van der Waals surface area contributed by atoms with E-state index in [2.05, 4.69) is 25.3 Å². The minimum absolute atomic E-state index is 0.0227. The molecule has 0 radical (unpaired) electrons. The van der Waals surface area contributed by atoms with Crippen LogP contribution < -0.4 is 5.32 Å². The average Bonchev–Trinajstić information content (AvgIpc) is 3.18. The van der Waals surface area contributed by atoms with Gasteiger partial charge in [-0.25, -0.2) is 28.5 Å². The second-order valence-electron chi connectivity index (χ2n) is 6.97. The molecular formula is C20H21ClF2N6O3. The number of hydrogen-bond acceptors (Lipinski definition) is 7. The predicted molar refractivity (Wildman–Crippen MR) is 112 cm³/mol. The Morgan fingerprint density at radius 2 is 2.09 bits per heavy atom. The SMILES string of the molecule is COCC(Cn1cc(-c2nc(Cl)ncc2C)nc1C(=O)O)NCc1cccc(C(F)F)n1. The first kappa shape index (κ1) is 23.6. The molecule has 32 heavy (non-hydrogen) atoms. The lowest BCUT2D eigenvalue weighted by Crippen LogP contribution is -2.37. The van der Waals surface area contributed by atoms with E-state index in [1.54, 1.807) is 19.2 Å². The van der Waals surface area contributed by atoms with Gasteiger partial charge in [-0.05, 0) is 36.2 Å². The number of rotatable bonds is 10. The molecule has 0 spiro atoms. The van der Waals surface area contributed by atoms with Crippen molar-refractivity contribution in [2.24, 2.45) is 0 Å². The molecule has 0 saturated carbocycles. The molecule has 0 aliphatic heterocycles. The van der Waals surface area contributed by atoms with Crippen LogP contribution >= 0.6 is 11.6 Å². The fraction of sp³-hybridized carbons (Fsp3) is 0.350. The third kappa shape index (κ3) is 5.81. The van der Waals surface area contributed by atoms with E-state index in [9.17, 15) is 18.7 Å². The molecule has 3 rings (SSSR count). The topological polar surface area (TPSA) is 115 Å². The largest absolute Gasteiger partial charge is 0.475 e. The number of pyridine rings is 1. The summed E-state index contributed by atoms with van der Waals surface area (Å²) in [6.45, 7) is 2.38. The smallest absolute Gasteiger partial charge is 0.372 e. The molecule has 1 atom stereocenters. The van der Waals surface area contributed by atoms with E-state index in [1.807, 2.05) is 0 Å². The zero-order chi connectivity index (χ0) is 23.3.